The molecule has 1 amide bonds. The van der Waals surface area contributed by atoms with Crippen LogP contribution in [0.15, 0.2) is 47.0 Å². The average Bonchev–Trinajstić information content (AvgIpc) is 3.28. The van der Waals surface area contributed by atoms with Gasteiger partial charge >= 0.3 is 12.1 Å². The van der Waals surface area contributed by atoms with Crippen LogP contribution in [-0.4, -0.2) is 20.6 Å². The Morgan fingerprint density at radius 1 is 1.31 bits per heavy atom. The maximum atomic E-state index is 12.9. The van der Waals surface area contributed by atoms with E-state index in [2.05, 4.69) is 10.4 Å². The van der Waals surface area contributed by atoms with Gasteiger partial charge in [0.25, 0.3) is 5.91 Å². The minimum atomic E-state index is -4.48. The number of benzene rings is 1. The molecule has 0 unspecified atom stereocenters. The Labute approximate surface area is 162 Å². The zero-order chi connectivity index (χ0) is 21.3. The number of furan rings is 1. The monoisotopic (exact) mass is 408 g/mol. The number of rotatable bonds is 5. The van der Waals surface area contributed by atoms with Crippen LogP contribution in [0.25, 0.3) is 5.69 Å². The van der Waals surface area contributed by atoms with Crippen molar-refractivity contribution in [2.24, 2.45) is 0 Å². The Balaban J connectivity index is 1.81. The van der Waals surface area contributed by atoms with Crippen molar-refractivity contribution < 1.29 is 27.3 Å². The highest BCUT2D eigenvalue weighted by Gasteiger charge is 2.31. The molecule has 0 spiro atoms. The molecule has 2 aromatic heterocycles. The first kappa shape index (κ1) is 20.1. The van der Waals surface area contributed by atoms with Crippen molar-refractivity contribution in [3.05, 3.63) is 75.3 Å². The summed E-state index contributed by atoms with van der Waals surface area (Å²) in [6, 6.07) is 6.39. The molecule has 152 valence electrons. The van der Waals surface area contributed by atoms with Gasteiger partial charge in [-0.05, 0) is 38.1 Å². The van der Waals surface area contributed by atoms with E-state index in [-0.39, 0.29) is 11.4 Å². The minimum absolute atomic E-state index is 0.226. The van der Waals surface area contributed by atoms with Crippen LogP contribution in [-0.2, 0) is 6.18 Å². The van der Waals surface area contributed by atoms with Gasteiger partial charge < -0.3 is 9.73 Å². The number of carbonyl (C=O) groups excluding carboxylic acids is 1. The molecule has 0 saturated heterocycles. The number of nitrogens with one attached hydrogen (secondary N) is 1. The van der Waals surface area contributed by atoms with Gasteiger partial charge in [0.1, 0.15) is 4.92 Å². The smallest absolute Gasteiger partial charge is 0.395 e. The van der Waals surface area contributed by atoms with E-state index in [1.54, 1.807) is 13.8 Å². The van der Waals surface area contributed by atoms with E-state index in [0.717, 1.165) is 18.2 Å². The number of nitrogens with zero attached hydrogens (tertiary/aromatic N) is 3. The summed E-state index contributed by atoms with van der Waals surface area (Å²) in [4.78, 5) is 22.1. The van der Waals surface area contributed by atoms with Crippen molar-refractivity contribution >= 4 is 11.8 Å². The van der Waals surface area contributed by atoms with Crippen LogP contribution in [0.2, 0.25) is 0 Å². The number of halogens is 3. The normalized spacial score (nSPS) is 12.6. The Morgan fingerprint density at radius 2 is 2.03 bits per heavy atom. The third-order valence-electron chi connectivity index (χ3n) is 4.28. The second kappa shape index (κ2) is 7.41. The van der Waals surface area contributed by atoms with E-state index in [1.807, 2.05) is 0 Å². The van der Waals surface area contributed by atoms with Gasteiger partial charge in [-0.15, -0.1) is 0 Å². The molecule has 1 atom stereocenters. The number of nitro groups is 1. The summed E-state index contributed by atoms with van der Waals surface area (Å²) in [5, 5.41) is 17.4. The Bertz CT molecular complexity index is 1070. The van der Waals surface area contributed by atoms with Crippen LogP contribution >= 0.6 is 0 Å². The van der Waals surface area contributed by atoms with Crippen molar-refractivity contribution in [3.8, 4) is 5.69 Å². The van der Waals surface area contributed by atoms with Crippen molar-refractivity contribution in [1.82, 2.24) is 15.1 Å². The minimum Gasteiger partial charge on any atom is -0.395 e. The first-order chi connectivity index (χ1) is 13.6. The molecule has 3 rings (SSSR count). The van der Waals surface area contributed by atoms with E-state index in [1.165, 1.54) is 29.1 Å². The molecule has 29 heavy (non-hydrogen) atoms. The van der Waals surface area contributed by atoms with E-state index < -0.39 is 34.5 Å². The van der Waals surface area contributed by atoms with Crippen molar-refractivity contribution in [2.45, 2.75) is 26.1 Å². The zero-order valence-corrected chi connectivity index (χ0v) is 15.2. The van der Waals surface area contributed by atoms with Crippen LogP contribution in [0.3, 0.4) is 0 Å². The highest BCUT2D eigenvalue weighted by molar-refractivity contribution is 5.92. The summed E-state index contributed by atoms with van der Waals surface area (Å²) in [7, 11) is 0. The SMILES string of the molecule is Cc1c([C@H](C)NC(=O)c2ccc([N+](=O)[O-])o2)cnn1-c1cccc(C(F)(F)F)c1. The van der Waals surface area contributed by atoms with Crippen molar-refractivity contribution in [2.75, 3.05) is 0 Å². The van der Waals surface area contributed by atoms with Crippen molar-refractivity contribution in [1.29, 1.82) is 0 Å². The van der Waals surface area contributed by atoms with Gasteiger partial charge in [0.05, 0.1) is 29.6 Å². The van der Waals surface area contributed by atoms with Gasteiger partial charge in [-0.25, -0.2) is 4.68 Å². The highest BCUT2D eigenvalue weighted by Crippen LogP contribution is 2.31. The van der Waals surface area contributed by atoms with Gasteiger partial charge in [0.15, 0.2) is 5.76 Å². The maximum Gasteiger partial charge on any atom is 0.433 e. The Morgan fingerprint density at radius 3 is 2.66 bits per heavy atom. The molecular formula is C18H15F3N4O4. The average molecular weight is 408 g/mol. The van der Waals surface area contributed by atoms with E-state index in [0.29, 0.717) is 11.3 Å². The largest absolute Gasteiger partial charge is 0.433 e. The number of hydrogen-bond acceptors (Lipinski definition) is 5. The van der Waals surface area contributed by atoms with Gasteiger partial charge in [0, 0.05) is 11.3 Å². The molecule has 0 saturated carbocycles. The summed E-state index contributed by atoms with van der Waals surface area (Å²) in [5.74, 6) is -1.46. The maximum absolute atomic E-state index is 12.9. The summed E-state index contributed by atoms with van der Waals surface area (Å²) >= 11 is 0. The van der Waals surface area contributed by atoms with Gasteiger partial charge in [-0.1, -0.05) is 6.07 Å². The topological polar surface area (TPSA) is 103 Å². The van der Waals surface area contributed by atoms with Gasteiger partial charge in [0.2, 0.25) is 0 Å². The zero-order valence-electron chi connectivity index (χ0n) is 15.2. The van der Waals surface area contributed by atoms with E-state index >= 15 is 0 Å². The third-order valence-corrected chi connectivity index (χ3v) is 4.28. The lowest BCUT2D eigenvalue weighted by atomic mass is 10.1. The highest BCUT2D eigenvalue weighted by atomic mass is 19.4. The number of aromatic nitrogens is 2. The summed E-state index contributed by atoms with van der Waals surface area (Å²) in [6.45, 7) is 3.30. The quantitative estimate of drug-likeness (QED) is 0.504. The number of alkyl halides is 3. The summed E-state index contributed by atoms with van der Waals surface area (Å²) in [5.41, 5.74) is 0.523. The first-order valence-electron chi connectivity index (χ1n) is 8.35. The molecule has 2 heterocycles. The molecule has 0 aliphatic carbocycles. The second-order valence-corrected chi connectivity index (χ2v) is 6.24. The van der Waals surface area contributed by atoms with Crippen LogP contribution in [0.5, 0.6) is 0 Å². The van der Waals surface area contributed by atoms with Gasteiger partial charge in [-0.3, -0.25) is 14.9 Å². The van der Waals surface area contributed by atoms with Crippen molar-refractivity contribution in [3.63, 3.8) is 0 Å². The predicted molar refractivity (Wildman–Crippen MR) is 94.5 cm³/mol. The molecule has 0 fully saturated rings. The molecule has 0 radical (unpaired) electrons. The molecule has 0 bridgehead atoms. The molecule has 1 N–H and O–H groups in total. The third kappa shape index (κ3) is 4.13. The fourth-order valence-electron chi connectivity index (χ4n) is 2.82. The molecular weight excluding hydrogens is 393 g/mol. The number of carbonyl (C=O) groups is 1. The Hall–Kier alpha value is -3.63. The molecule has 3 aromatic rings. The lowest BCUT2D eigenvalue weighted by molar-refractivity contribution is -0.402. The van der Waals surface area contributed by atoms with Crippen LogP contribution in [0.1, 0.15) is 40.3 Å². The lowest BCUT2D eigenvalue weighted by Crippen LogP contribution is -2.26. The molecule has 0 aliphatic rings. The predicted octanol–water partition coefficient (Wildman–Crippen LogP) is 4.19. The van der Waals surface area contributed by atoms with Crippen LogP contribution in [0, 0.1) is 17.0 Å². The standard InChI is InChI=1S/C18H15F3N4O4/c1-10(23-17(26)15-6-7-16(29-15)25(27)28)14-9-22-24(11(14)2)13-5-3-4-12(8-13)18(19,20)21/h3-10H,1-2H3,(H,23,26)/t10-/m0/s1. The van der Waals surface area contributed by atoms with Crippen LogP contribution < -0.4 is 5.32 Å². The fraction of sp³-hybridized carbons (Fsp3) is 0.222. The second-order valence-electron chi connectivity index (χ2n) is 6.24. The van der Waals surface area contributed by atoms with Crippen LogP contribution in [0.4, 0.5) is 19.1 Å². The number of amides is 1. The fourth-order valence-corrected chi connectivity index (χ4v) is 2.82. The Kier molecular flexibility index (Phi) is 5.14. The lowest BCUT2D eigenvalue weighted by Gasteiger charge is -2.14. The summed E-state index contributed by atoms with van der Waals surface area (Å²) in [6.07, 6.45) is -3.04. The van der Waals surface area contributed by atoms with Gasteiger partial charge in [-0.2, -0.15) is 18.3 Å². The van der Waals surface area contributed by atoms with E-state index in [4.69, 9.17) is 4.42 Å². The molecule has 8 nitrogen and oxygen atoms in total. The summed E-state index contributed by atoms with van der Waals surface area (Å²) < 4.78 is 45.0. The number of hydrogen-bond donors (Lipinski definition) is 1. The molecule has 11 heteroatoms. The first-order valence-corrected chi connectivity index (χ1v) is 8.35. The van der Waals surface area contributed by atoms with E-state index in [9.17, 15) is 28.1 Å². The molecule has 0 aliphatic heterocycles. The molecule has 1 aromatic carbocycles.